The van der Waals surface area contributed by atoms with Gasteiger partial charge in [0, 0.05) is 7.05 Å². The molecule has 0 aliphatic heterocycles. The monoisotopic (exact) mass is 147 g/mol. The molecule has 0 atom stereocenters. The van der Waals surface area contributed by atoms with Crippen molar-refractivity contribution in [2.24, 2.45) is 7.05 Å². The van der Waals surface area contributed by atoms with Gasteiger partial charge in [-0.1, -0.05) is 12.6 Å². The average Bonchev–Trinajstić information content (AvgIpc) is 1.98. The van der Waals surface area contributed by atoms with Crippen LogP contribution in [0.4, 0.5) is 0 Å². The summed E-state index contributed by atoms with van der Waals surface area (Å²) in [6.07, 6.45) is 0. The first kappa shape index (κ1) is 6.28. The fourth-order valence-corrected chi connectivity index (χ4v) is 0.655. The molecule has 0 spiro atoms. The molecular weight excluding hydrogens is 142 g/mol. The number of hydrogen-bond donors (Lipinski definition) is 2. The summed E-state index contributed by atoms with van der Waals surface area (Å²) in [5.41, 5.74) is 0. The molecule has 9 heavy (non-hydrogen) atoms. The van der Waals surface area contributed by atoms with Crippen LogP contribution in [0.15, 0.2) is 14.3 Å². The van der Waals surface area contributed by atoms with Gasteiger partial charge in [0.25, 0.3) is 0 Å². The molecule has 0 unspecified atom stereocenters. The highest BCUT2D eigenvalue weighted by Crippen LogP contribution is 2.16. The lowest BCUT2D eigenvalue weighted by atomic mass is 10.8. The number of rotatable bonds is 0. The van der Waals surface area contributed by atoms with E-state index in [9.17, 15) is 4.79 Å². The first-order chi connectivity index (χ1) is 4.13. The zero-order valence-electron chi connectivity index (χ0n) is 4.66. The molecule has 1 aromatic rings. The molecule has 0 aromatic carbocycles. The summed E-state index contributed by atoms with van der Waals surface area (Å²) < 4.78 is 5.33. The summed E-state index contributed by atoms with van der Waals surface area (Å²) >= 11 is 3.65. The van der Waals surface area contributed by atoms with Crippen LogP contribution in [0.5, 0.6) is 5.88 Å². The summed E-state index contributed by atoms with van der Waals surface area (Å²) in [4.78, 5) is 10.4. The Kier molecular flexibility index (Phi) is 1.28. The van der Waals surface area contributed by atoms with Gasteiger partial charge in [-0.3, -0.25) is 0 Å². The van der Waals surface area contributed by atoms with Gasteiger partial charge in [-0.25, -0.2) is 9.36 Å². The van der Waals surface area contributed by atoms with E-state index in [2.05, 4.69) is 17.0 Å². The van der Waals surface area contributed by atoms with E-state index in [-0.39, 0.29) is 11.0 Å². The Balaban J connectivity index is 3.47. The van der Waals surface area contributed by atoms with Gasteiger partial charge in [0.05, 0.1) is 0 Å². The molecule has 0 amide bonds. The average molecular weight is 147 g/mol. The maximum atomic E-state index is 10.4. The zero-order chi connectivity index (χ0) is 7.02. The summed E-state index contributed by atoms with van der Waals surface area (Å²) in [6, 6.07) is 0. The predicted octanol–water partition coefficient (Wildman–Crippen LogP) is -0.0274. The maximum Gasteiger partial charge on any atom is 0.422 e. The minimum atomic E-state index is -0.613. The summed E-state index contributed by atoms with van der Waals surface area (Å²) in [6.45, 7) is 0. The van der Waals surface area contributed by atoms with Crippen LogP contribution < -0.4 is 5.76 Å². The lowest BCUT2D eigenvalue weighted by Crippen LogP contribution is -2.07. The van der Waals surface area contributed by atoms with Crippen molar-refractivity contribution in [3.8, 4) is 5.88 Å². The number of hydrogen-bond acceptors (Lipinski definition) is 4. The second-order valence-corrected chi connectivity index (χ2v) is 1.96. The van der Waals surface area contributed by atoms with Crippen LogP contribution in [-0.2, 0) is 7.05 Å². The molecule has 1 rings (SSSR count). The third kappa shape index (κ3) is 0.829. The van der Waals surface area contributed by atoms with E-state index in [0.29, 0.717) is 0 Å². The van der Waals surface area contributed by atoms with Crippen LogP contribution >= 0.6 is 12.6 Å². The van der Waals surface area contributed by atoms with Gasteiger partial charge in [0.15, 0.2) is 0 Å². The lowest BCUT2D eigenvalue weighted by Gasteiger charge is -1.85. The van der Waals surface area contributed by atoms with Crippen molar-refractivity contribution in [1.29, 1.82) is 0 Å². The molecular formula is C4H5NO3S. The Labute approximate surface area is 56.1 Å². The summed E-state index contributed by atoms with van der Waals surface area (Å²) in [7, 11) is 1.39. The highest BCUT2D eigenvalue weighted by molar-refractivity contribution is 7.80. The standard InChI is InChI=1S/C4H5NO3S/c1-5-2(6)3(9)8-4(5)7/h6,9H,1H3. The molecule has 1 N–H and O–H groups in total. The first-order valence-electron chi connectivity index (χ1n) is 2.20. The van der Waals surface area contributed by atoms with E-state index in [4.69, 9.17) is 5.11 Å². The highest BCUT2D eigenvalue weighted by atomic mass is 32.1. The molecule has 0 saturated heterocycles. The SMILES string of the molecule is Cn1c(O)c(S)oc1=O. The Hall–Kier alpha value is -0.840. The van der Waals surface area contributed by atoms with Crippen LogP contribution in [0.1, 0.15) is 0 Å². The molecule has 50 valence electrons. The second-order valence-electron chi connectivity index (χ2n) is 1.56. The molecule has 0 bridgehead atoms. The summed E-state index contributed by atoms with van der Waals surface area (Å²) in [5, 5.41) is 8.77. The smallest absolute Gasteiger partial charge is 0.422 e. The van der Waals surface area contributed by atoms with E-state index in [1.165, 1.54) is 7.05 Å². The van der Waals surface area contributed by atoms with Crippen molar-refractivity contribution in [2.75, 3.05) is 0 Å². The number of thiol groups is 1. The zero-order valence-corrected chi connectivity index (χ0v) is 5.55. The van der Waals surface area contributed by atoms with Gasteiger partial charge >= 0.3 is 5.76 Å². The lowest BCUT2D eigenvalue weighted by molar-refractivity contribution is 0.390. The molecule has 5 heteroatoms. The van der Waals surface area contributed by atoms with E-state index in [1.807, 2.05) is 0 Å². The van der Waals surface area contributed by atoms with Gasteiger partial charge in [-0.05, 0) is 0 Å². The van der Waals surface area contributed by atoms with Crippen LogP contribution in [-0.4, -0.2) is 9.67 Å². The fourth-order valence-electron chi connectivity index (χ4n) is 0.427. The molecule has 1 aromatic heterocycles. The van der Waals surface area contributed by atoms with Crippen LogP contribution in [0.3, 0.4) is 0 Å². The van der Waals surface area contributed by atoms with Gasteiger partial charge in [-0.15, -0.1) is 0 Å². The summed E-state index contributed by atoms with van der Waals surface area (Å²) in [5.74, 6) is -0.860. The Morgan fingerprint density at radius 2 is 2.33 bits per heavy atom. The predicted molar refractivity (Wildman–Crippen MR) is 32.9 cm³/mol. The van der Waals surface area contributed by atoms with Crippen LogP contribution in [0, 0.1) is 0 Å². The van der Waals surface area contributed by atoms with Crippen LogP contribution in [0.2, 0.25) is 0 Å². The Bertz CT molecular complexity index is 274. The molecule has 0 fully saturated rings. The highest BCUT2D eigenvalue weighted by Gasteiger charge is 2.06. The number of aromatic nitrogens is 1. The Morgan fingerprint density at radius 1 is 1.78 bits per heavy atom. The van der Waals surface area contributed by atoms with Gasteiger partial charge in [0.2, 0.25) is 11.0 Å². The molecule has 0 aliphatic carbocycles. The quantitative estimate of drug-likeness (QED) is 0.507. The molecule has 4 nitrogen and oxygen atoms in total. The number of oxazole rings is 1. The Morgan fingerprint density at radius 3 is 2.44 bits per heavy atom. The number of nitrogens with zero attached hydrogens (tertiary/aromatic N) is 1. The van der Waals surface area contributed by atoms with E-state index >= 15 is 0 Å². The van der Waals surface area contributed by atoms with Crippen LogP contribution in [0.25, 0.3) is 0 Å². The minimum Gasteiger partial charge on any atom is -0.491 e. The van der Waals surface area contributed by atoms with Crippen molar-refractivity contribution >= 4 is 12.6 Å². The topological polar surface area (TPSA) is 55.4 Å². The van der Waals surface area contributed by atoms with E-state index in [0.717, 1.165) is 4.57 Å². The maximum absolute atomic E-state index is 10.4. The third-order valence-electron chi connectivity index (χ3n) is 0.967. The fraction of sp³-hybridized carbons (Fsp3) is 0.250. The molecule has 0 saturated carbocycles. The first-order valence-corrected chi connectivity index (χ1v) is 2.65. The minimum absolute atomic E-state index is 0.0532. The molecule has 1 heterocycles. The number of aromatic hydroxyl groups is 1. The normalized spacial score (nSPS) is 10.0. The van der Waals surface area contributed by atoms with Crippen molar-refractivity contribution < 1.29 is 9.52 Å². The van der Waals surface area contributed by atoms with Gasteiger partial charge < -0.3 is 9.52 Å². The van der Waals surface area contributed by atoms with Crippen molar-refractivity contribution in [3.05, 3.63) is 10.6 Å². The van der Waals surface area contributed by atoms with Crippen molar-refractivity contribution in [2.45, 2.75) is 5.09 Å². The van der Waals surface area contributed by atoms with E-state index < -0.39 is 5.76 Å². The van der Waals surface area contributed by atoms with E-state index in [1.54, 1.807) is 0 Å². The second kappa shape index (κ2) is 1.84. The van der Waals surface area contributed by atoms with Crippen molar-refractivity contribution in [3.63, 3.8) is 0 Å². The van der Waals surface area contributed by atoms with Gasteiger partial charge in [-0.2, -0.15) is 0 Å². The third-order valence-corrected chi connectivity index (χ3v) is 1.26. The largest absolute Gasteiger partial charge is 0.491 e. The molecule has 0 radical (unpaired) electrons. The van der Waals surface area contributed by atoms with Gasteiger partial charge in [0.1, 0.15) is 0 Å². The van der Waals surface area contributed by atoms with Crippen molar-refractivity contribution in [1.82, 2.24) is 4.57 Å². The molecule has 0 aliphatic rings.